The standard InChI is InChI=1S/C24H24F3N5O2/c1-16-20(15-29-32(16)21-11-8-18(14-28-21)24(25,26)27)22(33)30-19-9-6-17(7-10-19)23(34)31-12-4-2-3-5-13-31/h6-11,14-15H,2-5,12-13H2,1H3,(H,30,33). The Hall–Kier alpha value is -3.69. The molecule has 1 N–H and O–H groups in total. The summed E-state index contributed by atoms with van der Waals surface area (Å²) in [5.74, 6) is -0.274. The van der Waals surface area contributed by atoms with Gasteiger partial charge < -0.3 is 10.2 Å². The average molecular weight is 471 g/mol. The number of amides is 2. The van der Waals surface area contributed by atoms with E-state index in [-0.39, 0.29) is 17.3 Å². The van der Waals surface area contributed by atoms with Crippen molar-refractivity contribution in [2.45, 2.75) is 38.8 Å². The van der Waals surface area contributed by atoms with Crippen LogP contribution in [0.25, 0.3) is 5.82 Å². The van der Waals surface area contributed by atoms with Crippen molar-refractivity contribution in [2.24, 2.45) is 0 Å². The van der Waals surface area contributed by atoms with E-state index in [1.54, 1.807) is 31.2 Å². The molecule has 3 aromatic rings. The SMILES string of the molecule is Cc1c(C(=O)Nc2ccc(C(=O)N3CCCCCC3)cc2)cnn1-c1ccc(C(F)(F)F)cn1. The van der Waals surface area contributed by atoms with Crippen LogP contribution in [0.4, 0.5) is 18.9 Å². The summed E-state index contributed by atoms with van der Waals surface area (Å²) in [7, 11) is 0. The normalized spacial score (nSPS) is 14.5. The summed E-state index contributed by atoms with van der Waals surface area (Å²) in [5.41, 5.74) is 0.899. The highest BCUT2D eigenvalue weighted by atomic mass is 19.4. The molecular weight excluding hydrogens is 447 g/mol. The fourth-order valence-corrected chi connectivity index (χ4v) is 3.89. The molecule has 1 aliphatic rings. The van der Waals surface area contributed by atoms with E-state index in [4.69, 9.17) is 0 Å². The van der Waals surface area contributed by atoms with Crippen LogP contribution in [0.2, 0.25) is 0 Å². The Bertz CT molecular complexity index is 1160. The van der Waals surface area contributed by atoms with E-state index in [2.05, 4.69) is 15.4 Å². The van der Waals surface area contributed by atoms with Crippen LogP contribution in [-0.2, 0) is 6.18 Å². The van der Waals surface area contributed by atoms with Gasteiger partial charge in [-0.3, -0.25) is 9.59 Å². The average Bonchev–Trinajstić information content (AvgIpc) is 3.01. The quantitative estimate of drug-likeness (QED) is 0.589. The zero-order chi connectivity index (χ0) is 24.3. The summed E-state index contributed by atoms with van der Waals surface area (Å²) in [5, 5.41) is 6.86. The summed E-state index contributed by atoms with van der Waals surface area (Å²) in [6, 6.07) is 8.82. The molecule has 4 rings (SSSR count). The lowest BCUT2D eigenvalue weighted by molar-refractivity contribution is -0.137. The number of hydrogen-bond donors (Lipinski definition) is 1. The minimum atomic E-state index is -4.48. The van der Waals surface area contributed by atoms with Crippen LogP contribution in [0.1, 0.15) is 57.7 Å². The number of anilines is 1. The maximum atomic E-state index is 12.8. The number of carbonyl (C=O) groups is 2. The number of aromatic nitrogens is 3. The van der Waals surface area contributed by atoms with Crippen molar-refractivity contribution >= 4 is 17.5 Å². The molecule has 178 valence electrons. The van der Waals surface area contributed by atoms with E-state index >= 15 is 0 Å². The summed E-state index contributed by atoms with van der Waals surface area (Å²) < 4.78 is 39.6. The molecule has 1 fully saturated rings. The van der Waals surface area contributed by atoms with E-state index < -0.39 is 17.6 Å². The second-order valence-electron chi connectivity index (χ2n) is 8.20. The lowest BCUT2D eigenvalue weighted by Gasteiger charge is -2.20. The molecule has 0 bridgehead atoms. The first kappa shape index (κ1) is 23.5. The van der Waals surface area contributed by atoms with Crippen LogP contribution in [0.15, 0.2) is 48.8 Å². The molecule has 0 spiro atoms. The summed E-state index contributed by atoms with van der Waals surface area (Å²) in [4.78, 5) is 31.2. The van der Waals surface area contributed by atoms with Gasteiger partial charge in [-0.1, -0.05) is 12.8 Å². The van der Waals surface area contributed by atoms with Gasteiger partial charge in [0.1, 0.15) is 0 Å². The van der Waals surface area contributed by atoms with Crippen molar-refractivity contribution in [2.75, 3.05) is 18.4 Å². The number of pyridine rings is 1. The van der Waals surface area contributed by atoms with E-state index in [0.29, 0.717) is 16.9 Å². The van der Waals surface area contributed by atoms with Gasteiger partial charge in [0.25, 0.3) is 11.8 Å². The summed E-state index contributed by atoms with van der Waals surface area (Å²) in [6.45, 7) is 3.15. The summed E-state index contributed by atoms with van der Waals surface area (Å²) in [6.07, 6.45) is 1.87. The number of likely N-dealkylation sites (tertiary alicyclic amines) is 1. The molecule has 1 aromatic carbocycles. The van der Waals surface area contributed by atoms with Crippen molar-refractivity contribution in [3.05, 3.63) is 71.2 Å². The van der Waals surface area contributed by atoms with Gasteiger partial charge >= 0.3 is 6.18 Å². The molecular formula is C24H24F3N5O2. The van der Waals surface area contributed by atoms with Crippen LogP contribution in [0.5, 0.6) is 0 Å². The van der Waals surface area contributed by atoms with Crippen LogP contribution < -0.4 is 5.32 Å². The summed E-state index contributed by atoms with van der Waals surface area (Å²) >= 11 is 0. The molecule has 0 atom stereocenters. The molecule has 0 unspecified atom stereocenters. The first-order valence-electron chi connectivity index (χ1n) is 11.0. The monoisotopic (exact) mass is 471 g/mol. The number of benzene rings is 1. The zero-order valence-electron chi connectivity index (χ0n) is 18.6. The minimum Gasteiger partial charge on any atom is -0.339 e. The maximum Gasteiger partial charge on any atom is 0.417 e. The van der Waals surface area contributed by atoms with E-state index in [0.717, 1.165) is 51.0 Å². The Morgan fingerprint density at radius 1 is 0.941 bits per heavy atom. The fourth-order valence-electron chi connectivity index (χ4n) is 3.89. The highest BCUT2D eigenvalue weighted by molar-refractivity contribution is 6.05. The number of carbonyl (C=O) groups excluding carboxylic acids is 2. The molecule has 0 saturated carbocycles. The molecule has 34 heavy (non-hydrogen) atoms. The number of alkyl halides is 3. The third-order valence-electron chi connectivity index (χ3n) is 5.83. The number of halogens is 3. The van der Waals surface area contributed by atoms with Crippen molar-refractivity contribution in [3.63, 3.8) is 0 Å². The second-order valence-corrected chi connectivity index (χ2v) is 8.20. The van der Waals surface area contributed by atoms with Gasteiger partial charge in [-0.25, -0.2) is 9.67 Å². The lowest BCUT2D eigenvalue weighted by Crippen LogP contribution is -2.31. The van der Waals surface area contributed by atoms with Gasteiger partial charge in [-0.05, 0) is 56.2 Å². The van der Waals surface area contributed by atoms with Gasteiger partial charge in [0.2, 0.25) is 0 Å². The Kier molecular flexibility index (Phi) is 6.67. The minimum absolute atomic E-state index is 0.0130. The fraction of sp³-hybridized carbons (Fsp3) is 0.333. The molecule has 7 nitrogen and oxygen atoms in total. The Balaban J connectivity index is 1.44. The Morgan fingerprint density at radius 3 is 2.21 bits per heavy atom. The molecule has 1 aliphatic heterocycles. The van der Waals surface area contributed by atoms with Gasteiger partial charge in [0, 0.05) is 30.5 Å². The second kappa shape index (κ2) is 9.66. The molecule has 10 heteroatoms. The maximum absolute atomic E-state index is 12.8. The van der Waals surface area contributed by atoms with E-state index in [9.17, 15) is 22.8 Å². The number of nitrogens with one attached hydrogen (secondary N) is 1. The van der Waals surface area contributed by atoms with Crippen LogP contribution in [0.3, 0.4) is 0 Å². The van der Waals surface area contributed by atoms with E-state index in [1.165, 1.54) is 16.9 Å². The third-order valence-corrected chi connectivity index (χ3v) is 5.83. The predicted octanol–water partition coefficient (Wildman–Crippen LogP) is 4.86. The highest BCUT2D eigenvalue weighted by Gasteiger charge is 2.31. The lowest BCUT2D eigenvalue weighted by atomic mass is 10.1. The van der Waals surface area contributed by atoms with Gasteiger partial charge in [-0.15, -0.1) is 0 Å². The van der Waals surface area contributed by atoms with Crippen LogP contribution in [0, 0.1) is 6.92 Å². The van der Waals surface area contributed by atoms with Gasteiger partial charge in [0.05, 0.1) is 23.0 Å². The topological polar surface area (TPSA) is 80.1 Å². The number of hydrogen-bond acceptors (Lipinski definition) is 4. The molecule has 2 amide bonds. The van der Waals surface area contributed by atoms with Crippen molar-refractivity contribution in [1.82, 2.24) is 19.7 Å². The van der Waals surface area contributed by atoms with Gasteiger partial charge in [0.15, 0.2) is 5.82 Å². The van der Waals surface area contributed by atoms with E-state index in [1.807, 2.05) is 4.90 Å². The first-order chi connectivity index (χ1) is 16.2. The Labute approximate surface area is 194 Å². The molecule has 1 saturated heterocycles. The number of rotatable bonds is 4. The van der Waals surface area contributed by atoms with Crippen molar-refractivity contribution in [1.29, 1.82) is 0 Å². The number of nitrogens with zero attached hydrogens (tertiary/aromatic N) is 4. The predicted molar refractivity (Wildman–Crippen MR) is 120 cm³/mol. The van der Waals surface area contributed by atoms with Crippen LogP contribution >= 0.6 is 0 Å². The molecule has 0 radical (unpaired) electrons. The van der Waals surface area contributed by atoms with Crippen molar-refractivity contribution in [3.8, 4) is 5.82 Å². The zero-order valence-corrected chi connectivity index (χ0v) is 18.6. The smallest absolute Gasteiger partial charge is 0.339 e. The highest BCUT2D eigenvalue weighted by Crippen LogP contribution is 2.29. The molecule has 0 aliphatic carbocycles. The van der Waals surface area contributed by atoms with Crippen LogP contribution in [-0.4, -0.2) is 44.6 Å². The van der Waals surface area contributed by atoms with Gasteiger partial charge in [-0.2, -0.15) is 18.3 Å². The van der Waals surface area contributed by atoms with Crippen molar-refractivity contribution < 1.29 is 22.8 Å². The molecule has 2 aromatic heterocycles. The largest absolute Gasteiger partial charge is 0.417 e. The third kappa shape index (κ3) is 5.11. The molecule has 3 heterocycles. The first-order valence-corrected chi connectivity index (χ1v) is 11.0. The Morgan fingerprint density at radius 2 is 1.62 bits per heavy atom.